The van der Waals surface area contributed by atoms with Crippen LogP contribution in [0.1, 0.15) is 17.4 Å². The second kappa shape index (κ2) is 9.03. The lowest BCUT2D eigenvalue weighted by Gasteiger charge is -2.21. The summed E-state index contributed by atoms with van der Waals surface area (Å²) in [7, 11) is 3.34. The first-order valence-corrected chi connectivity index (χ1v) is 8.77. The van der Waals surface area contributed by atoms with Crippen LogP contribution >= 0.6 is 11.3 Å². The van der Waals surface area contributed by atoms with E-state index in [4.69, 9.17) is 4.74 Å². The molecule has 0 bridgehead atoms. The minimum absolute atomic E-state index is 0.125. The van der Waals surface area contributed by atoms with Gasteiger partial charge in [-0.2, -0.15) is 0 Å². The van der Waals surface area contributed by atoms with Crippen molar-refractivity contribution in [2.45, 2.75) is 19.5 Å². The van der Waals surface area contributed by atoms with E-state index in [0.29, 0.717) is 6.54 Å². The van der Waals surface area contributed by atoms with Gasteiger partial charge < -0.3 is 15.0 Å². The lowest BCUT2D eigenvalue weighted by molar-refractivity contribution is -0.134. The van der Waals surface area contributed by atoms with Gasteiger partial charge in [0, 0.05) is 18.0 Å². The Morgan fingerprint density at radius 3 is 2.60 bits per heavy atom. The Hall–Kier alpha value is -2.60. The van der Waals surface area contributed by atoms with E-state index in [1.54, 1.807) is 43.4 Å². The Labute approximate surface area is 151 Å². The van der Waals surface area contributed by atoms with E-state index in [9.17, 15) is 9.59 Å². The van der Waals surface area contributed by atoms with Gasteiger partial charge in [0.2, 0.25) is 11.8 Å². The SMILES string of the molecule is COc1ccc(/C=C/C(=O)NC(C)C(=O)N(C)Cc2cccs2)cc1. The van der Waals surface area contributed by atoms with Crippen molar-refractivity contribution in [1.82, 2.24) is 10.2 Å². The summed E-state index contributed by atoms with van der Waals surface area (Å²) < 4.78 is 5.09. The molecule has 0 spiro atoms. The first kappa shape index (κ1) is 18.7. The maximum Gasteiger partial charge on any atom is 0.244 e. The minimum atomic E-state index is -0.585. The van der Waals surface area contributed by atoms with Gasteiger partial charge in [-0.3, -0.25) is 9.59 Å². The predicted molar refractivity (Wildman–Crippen MR) is 100 cm³/mol. The van der Waals surface area contributed by atoms with Gasteiger partial charge in [-0.15, -0.1) is 11.3 Å². The monoisotopic (exact) mass is 358 g/mol. The fourth-order valence-corrected chi connectivity index (χ4v) is 3.01. The number of hydrogen-bond donors (Lipinski definition) is 1. The number of ether oxygens (including phenoxy) is 1. The Morgan fingerprint density at radius 2 is 2.00 bits per heavy atom. The van der Waals surface area contributed by atoms with Crippen LogP contribution in [0.2, 0.25) is 0 Å². The van der Waals surface area contributed by atoms with E-state index in [2.05, 4.69) is 5.32 Å². The van der Waals surface area contributed by atoms with Gasteiger partial charge in [-0.05, 0) is 42.1 Å². The summed E-state index contributed by atoms with van der Waals surface area (Å²) in [5.41, 5.74) is 0.879. The highest BCUT2D eigenvalue weighted by atomic mass is 32.1. The molecule has 0 aliphatic rings. The molecule has 2 aromatic rings. The number of hydrogen-bond acceptors (Lipinski definition) is 4. The van der Waals surface area contributed by atoms with E-state index in [1.807, 2.05) is 41.8 Å². The summed E-state index contributed by atoms with van der Waals surface area (Å²) in [6.45, 7) is 2.23. The number of benzene rings is 1. The smallest absolute Gasteiger partial charge is 0.244 e. The third-order valence-corrected chi connectivity index (χ3v) is 4.48. The van der Waals surface area contributed by atoms with Crippen LogP contribution in [-0.2, 0) is 16.1 Å². The molecule has 1 atom stereocenters. The van der Waals surface area contributed by atoms with Gasteiger partial charge >= 0.3 is 0 Å². The third-order valence-electron chi connectivity index (χ3n) is 3.62. The van der Waals surface area contributed by atoms with Gasteiger partial charge in [0.1, 0.15) is 11.8 Å². The van der Waals surface area contributed by atoms with Crippen LogP contribution in [0.3, 0.4) is 0 Å². The Kier molecular flexibility index (Phi) is 6.77. The fourth-order valence-electron chi connectivity index (χ4n) is 2.25. The molecule has 0 saturated carbocycles. The van der Waals surface area contributed by atoms with Crippen LogP contribution in [0.25, 0.3) is 6.08 Å². The number of rotatable bonds is 7. The van der Waals surface area contributed by atoms with Crippen molar-refractivity contribution < 1.29 is 14.3 Å². The third kappa shape index (κ3) is 5.76. The quantitative estimate of drug-likeness (QED) is 0.774. The molecule has 6 heteroatoms. The molecule has 25 heavy (non-hydrogen) atoms. The topological polar surface area (TPSA) is 58.6 Å². The lowest BCUT2D eigenvalue weighted by atomic mass is 10.2. The average Bonchev–Trinajstić information content (AvgIpc) is 3.12. The van der Waals surface area contributed by atoms with Crippen molar-refractivity contribution in [2.24, 2.45) is 0 Å². The molecule has 132 valence electrons. The zero-order chi connectivity index (χ0) is 18.2. The number of likely N-dealkylation sites (N-methyl/N-ethyl adjacent to an activating group) is 1. The molecule has 1 N–H and O–H groups in total. The number of carbonyl (C=O) groups excluding carboxylic acids is 2. The van der Waals surface area contributed by atoms with Crippen LogP contribution in [0, 0.1) is 0 Å². The summed E-state index contributed by atoms with van der Waals surface area (Å²) in [5.74, 6) is 0.329. The maximum absolute atomic E-state index is 12.3. The first-order valence-electron chi connectivity index (χ1n) is 7.89. The number of amides is 2. The molecular weight excluding hydrogens is 336 g/mol. The van der Waals surface area contributed by atoms with E-state index in [0.717, 1.165) is 16.2 Å². The summed E-state index contributed by atoms with van der Waals surface area (Å²) in [6, 6.07) is 10.7. The molecule has 0 radical (unpaired) electrons. The van der Waals surface area contributed by atoms with E-state index < -0.39 is 6.04 Å². The van der Waals surface area contributed by atoms with Crippen molar-refractivity contribution in [3.8, 4) is 5.75 Å². The normalized spacial score (nSPS) is 12.0. The van der Waals surface area contributed by atoms with E-state index in [-0.39, 0.29) is 11.8 Å². The van der Waals surface area contributed by atoms with E-state index in [1.165, 1.54) is 6.08 Å². The summed E-state index contributed by atoms with van der Waals surface area (Å²) in [4.78, 5) is 27.1. The van der Waals surface area contributed by atoms with Gasteiger partial charge in [-0.25, -0.2) is 0 Å². The van der Waals surface area contributed by atoms with Crippen LogP contribution in [0.4, 0.5) is 0 Å². The Morgan fingerprint density at radius 1 is 1.28 bits per heavy atom. The summed E-state index contributed by atoms with van der Waals surface area (Å²) in [5, 5.41) is 4.67. The molecule has 1 aromatic carbocycles. The van der Waals surface area contributed by atoms with Crippen LogP contribution < -0.4 is 10.1 Å². The lowest BCUT2D eigenvalue weighted by Crippen LogP contribution is -2.44. The molecule has 0 aliphatic heterocycles. The van der Waals surface area contributed by atoms with Crippen molar-refractivity contribution in [1.29, 1.82) is 0 Å². The number of nitrogens with one attached hydrogen (secondary N) is 1. The average molecular weight is 358 g/mol. The zero-order valence-electron chi connectivity index (χ0n) is 14.6. The highest BCUT2D eigenvalue weighted by molar-refractivity contribution is 7.09. The summed E-state index contributed by atoms with van der Waals surface area (Å²) >= 11 is 1.60. The molecule has 0 aliphatic carbocycles. The van der Waals surface area contributed by atoms with Crippen LogP contribution in [-0.4, -0.2) is 36.9 Å². The zero-order valence-corrected chi connectivity index (χ0v) is 15.4. The first-order chi connectivity index (χ1) is 12.0. The fraction of sp³-hybridized carbons (Fsp3) is 0.263. The molecular formula is C19H22N2O3S. The van der Waals surface area contributed by atoms with Crippen molar-refractivity contribution >= 4 is 29.2 Å². The van der Waals surface area contributed by atoms with Gasteiger partial charge in [0.25, 0.3) is 0 Å². The Bertz CT molecular complexity index is 724. The molecule has 2 amide bonds. The molecule has 1 unspecified atom stereocenters. The summed E-state index contributed by atoms with van der Waals surface area (Å²) in [6.07, 6.45) is 3.12. The van der Waals surface area contributed by atoms with Gasteiger partial charge in [-0.1, -0.05) is 18.2 Å². The maximum atomic E-state index is 12.3. The molecule has 2 rings (SSSR count). The number of nitrogens with zero attached hydrogens (tertiary/aromatic N) is 1. The number of carbonyl (C=O) groups is 2. The number of methoxy groups -OCH3 is 1. The molecule has 5 nitrogen and oxygen atoms in total. The largest absolute Gasteiger partial charge is 0.497 e. The van der Waals surface area contributed by atoms with Crippen LogP contribution in [0.15, 0.2) is 47.9 Å². The van der Waals surface area contributed by atoms with Gasteiger partial charge in [0.15, 0.2) is 0 Å². The van der Waals surface area contributed by atoms with E-state index >= 15 is 0 Å². The molecule has 0 saturated heterocycles. The van der Waals surface area contributed by atoms with Crippen molar-refractivity contribution in [3.63, 3.8) is 0 Å². The highest BCUT2D eigenvalue weighted by Gasteiger charge is 2.18. The van der Waals surface area contributed by atoms with Gasteiger partial charge in [0.05, 0.1) is 13.7 Å². The van der Waals surface area contributed by atoms with Crippen molar-refractivity contribution in [3.05, 3.63) is 58.3 Å². The van der Waals surface area contributed by atoms with Crippen LogP contribution in [0.5, 0.6) is 5.75 Å². The predicted octanol–water partition coefficient (Wildman–Crippen LogP) is 2.93. The minimum Gasteiger partial charge on any atom is -0.497 e. The second-order valence-corrected chi connectivity index (χ2v) is 6.64. The molecule has 1 aromatic heterocycles. The second-order valence-electron chi connectivity index (χ2n) is 5.61. The molecule has 1 heterocycles. The van der Waals surface area contributed by atoms with Crippen molar-refractivity contribution in [2.75, 3.05) is 14.2 Å². The standard InChI is InChI=1S/C19H22N2O3S/c1-14(19(23)21(2)13-17-5-4-12-25-17)20-18(22)11-8-15-6-9-16(24-3)10-7-15/h4-12,14H,13H2,1-3H3,(H,20,22)/b11-8+. The Balaban J connectivity index is 1.85. The molecule has 0 fully saturated rings. The number of thiophene rings is 1. The highest BCUT2D eigenvalue weighted by Crippen LogP contribution is 2.13.